The van der Waals surface area contributed by atoms with Gasteiger partial charge in [0.05, 0.1) is 0 Å². The van der Waals surface area contributed by atoms with Crippen LogP contribution in [0.3, 0.4) is 0 Å². The van der Waals surface area contributed by atoms with Crippen LogP contribution in [0.15, 0.2) is 0 Å². The van der Waals surface area contributed by atoms with E-state index in [9.17, 15) is 4.79 Å². The average Bonchev–Trinajstić information content (AvgIpc) is 2.08. The van der Waals surface area contributed by atoms with Gasteiger partial charge in [-0.25, -0.2) is 0 Å². The number of nitrogens with zero attached hydrogens (tertiary/aromatic N) is 1. The highest BCUT2D eigenvalue weighted by Crippen LogP contribution is 2.16. The molecule has 0 bridgehead atoms. The normalized spacial score (nSPS) is 24.5. The third kappa shape index (κ3) is 4.00. The summed E-state index contributed by atoms with van der Waals surface area (Å²) in [6.45, 7) is 4.27. The quantitative estimate of drug-likeness (QED) is 0.747. The number of hydrogen-bond donors (Lipinski definition) is 1. The molecule has 0 aliphatic carbocycles. The van der Waals surface area contributed by atoms with Crippen molar-refractivity contribution in [2.45, 2.75) is 25.8 Å². The van der Waals surface area contributed by atoms with Crippen molar-refractivity contribution >= 4 is 17.7 Å². The Balaban J connectivity index is 2.15. The van der Waals surface area contributed by atoms with Crippen LogP contribution < -0.4 is 0 Å². The molecule has 1 fully saturated rings. The summed E-state index contributed by atoms with van der Waals surface area (Å²) in [6, 6.07) is 0.618. The fourth-order valence-electron chi connectivity index (χ4n) is 1.53. The molecular weight excluding hydrogens is 186 g/mol. The first-order chi connectivity index (χ1) is 6.20. The van der Waals surface area contributed by atoms with E-state index in [4.69, 9.17) is 5.11 Å². The van der Waals surface area contributed by atoms with E-state index in [0.717, 1.165) is 19.5 Å². The highest BCUT2D eigenvalue weighted by Gasteiger charge is 2.17. The lowest BCUT2D eigenvalue weighted by Crippen LogP contribution is -2.40. The summed E-state index contributed by atoms with van der Waals surface area (Å²) < 4.78 is 0. The number of hydrogen-bond acceptors (Lipinski definition) is 3. The Morgan fingerprint density at radius 3 is 3.08 bits per heavy atom. The number of carboxylic acids is 1. The number of carbonyl (C=O) groups is 1. The highest BCUT2D eigenvalue weighted by atomic mass is 32.2. The summed E-state index contributed by atoms with van der Waals surface area (Å²) in [5.74, 6) is 1.70. The van der Waals surface area contributed by atoms with Crippen LogP contribution in [0.5, 0.6) is 0 Å². The summed E-state index contributed by atoms with van der Waals surface area (Å²) >= 11 is 1.99. The van der Waals surface area contributed by atoms with E-state index in [1.54, 1.807) is 0 Å². The molecule has 0 saturated carbocycles. The molecule has 0 radical (unpaired) electrons. The van der Waals surface area contributed by atoms with Crippen molar-refractivity contribution in [1.82, 2.24) is 4.90 Å². The molecule has 1 saturated heterocycles. The number of thioether (sulfide) groups is 1. The van der Waals surface area contributed by atoms with Gasteiger partial charge in [-0.3, -0.25) is 9.69 Å². The summed E-state index contributed by atoms with van der Waals surface area (Å²) in [4.78, 5) is 12.7. The molecule has 1 unspecified atom stereocenters. The summed E-state index contributed by atoms with van der Waals surface area (Å²) in [6.07, 6.45) is 1.08. The highest BCUT2D eigenvalue weighted by molar-refractivity contribution is 7.99. The fourth-order valence-corrected chi connectivity index (χ4v) is 2.61. The van der Waals surface area contributed by atoms with Gasteiger partial charge in [-0.2, -0.15) is 11.8 Å². The van der Waals surface area contributed by atoms with Gasteiger partial charge in [0.1, 0.15) is 0 Å². The van der Waals surface area contributed by atoms with E-state index in [1.807, 2.05) is 11.8 Å². The maximum Gasteiger partial charge on any atom is 0.303 e. The third-order valence-corrected chi connectivity index (χ3v) is 3.53. The van der Waals surface area contributed by atoms with Crippen molar-refractivity contribution in [3.8, 4) is 0 Å². The first kappa shape index (κ1) is 10.9. The molecule has 1 rings (SSSR count). The van der Waals surface area contributed by atoms with Crippen molar-refractivity contribution in [3.63, 3.8) is 0 Å². The molecule has 0 aromatic heterocycles. The molecule has 1 aliphatic rings. The second-order valence-corrected chi connectivity index (χ2v) is 4.61. The Hall–Kier alpha value is -0.220. The van der Waals surface area contributed by atoms with Gasteiger partial charge in [0.15, 0.2) is 0 Å². The molecule has 4 heteroatoms. The maximum atomic E-state index is 10.3. The molecule has 1 aliphatic heterocycles. The Morgan fingerprint density at radius 1 is 1.69 bits per heavy atom. The third-order valence-electron chi connectivity index (χ3n) is 2.34. The van der Waals surface area contributed by atoms with Crippen LogP contribution >= 0.6 is 11.8 Å². The Bertz CT molecular complexity index is 175. The molecule has 0 aromatic rings. The van der Waals surface area contributed by atoms with E-state index in [0.29, 0.717) is 12.5 Å². The van der Waals surface area contributed by atoms with Gasteiger partial charge in [-0.15, -0.1) is 0 Å². The predicted octanol–water partition coefficient (Wildman–Crippen LogP) is 1.29. The fraction of sp³-hybridized carbons (Fsp3) is 0.889. The summed E-state index contributed by atoms with van der Waals surface area (Å²) in [7, 11) is 0. The minimum atomic E-state index is -0.681. The monoisotopic (exact) mass is 203 g/mol. The summed E-state index contributed by atoms with van der Waals surface area (Å²) in [5, 5.41) is 8.49. The molecule has 3 nitrogen and oxygen atoms in total. The largest absolute Gasteiger partial charge is 0.481 e. The molecule has 76 valence electrons. The van der Waals surface area contributed by atoms with Gasteiger partial charge < -0.3 is 5.11 Å². The van der Waals surface area contributed by atoms with Crippen LogP contribution in [0.2, 0.25) is 0 Å². The number of carboxylic acid groups (broad SMARTS) is 1. The Kier molecular flexibility index (Phi) is 4.59. The second-order valence-electron chi connectivity index (χ2n) is 3.46. The average molecular weight is 203 g/mol. The maximum absolute atomic E-state index is 10.3. The molecule has 13 heavy (non-hydrogen) atoms. The van der Waals surface area contributed by atoms with E-state index in [-0.39, 0.29) is 0 Å². The molecular formula is C9H17NO2S. The van der Waals surface area contributed by atoms with Crippen LogP contribution in [-0.4, -0.2) is 46.6 Å². The smallest absolute Gasteiger partial charge is 0.303 e. The van der Waals surface area contributed by atoms with Crippen LogP contribution in [0.1, 0.15) is 19.8 Å². The zero-order valence-electron chi connectivity index (χ0n) is 8.03. The van der Waals surface area contributed by atoms with Gasteiger partial charge in [0.25, 0.3) is 0 Å². The standard InChI is InChI=1S/C9H17NO2S/c1-8-7-13-6-5-10(8)4-2-3-9(11)12/h8H,2-7H2,1H3,(H,11,12). The van der Waals surface area contributed by atoms with E-state index in [2.05, 4.69) is 11.8 Å². The number of aliphatic carboxylic acids is 1. The Labute approximate surface area is 83.5 Å². The van der Waals surface area contributed by atoms with E-state index in [1.165, 1.54) is 11.5 Å². The molecule has 1 heterocycles. The summed E-state index contributed by atoms with van der Waals surface area (Å²) in [5.41, 5.74) is 0. The molecule has 1 atom stereocenters. The minimum absolute atomic E-state index is 0.302. The van der Waals surface area contributed by atoms with E-state index >= 15 is 0 Å². The number of rotatable bonds is 4. The zero-order chi connectivity index (χ0) is 9.68. The lowest BCUT2D eigenvalue weighted by molar-refractivity contribution is -0.137. The van der Waals surface area contributed by atoms with Gasteiger partial charge in [-0.05, 0) is 19.9 Å². The zero-order valence-corrected chi connectivity index (χ0v) is 8.85. The van der Waals surface area contributed by atoms with Crippen LogP contribution in [0.25, 0.3) is 0 Å². The van der Waals surface area contributed by atoms with Crippen molar-refractivity contribution in [1.29, 1.82) is 0 Å². The predicted molar refractivity (Wildman–Crippen MR) is 55.2 cm³/mol. The van der Waals surface area contributed by atoms with E-state index < -0.39 is 5.97 Å². The lowest BCUT2D eigenvalue weighted by Gasteiger charge is -2.32. The van der Waals surface area contributed by atoms with Gasteiger partial charge in [0, 0.05) is 30.5 Å². The first-order valence-corrected chi connectivity index (χ1v) is 5.89. The van der Waals surface area contributed by atoms with Crippen molar-refractivity contribution in [3.05, 3.63) is 0 Å². The SMILES string of the molecule is CC1CSCCN1CCCC(=O)O. The first-order valence-electron chi connectivity index (χ1n) is 4.73. The molecule has 1 N–H and O–H groups in total. The van der Waals surface area contributed by atoms with Crippen molar-refractivity contribution in [2.75, 3.05) is 24.6 Å². The molecule has 0 spiro atoms. The van der Waals surface area contributed by atoms with Crippen molar-refractivity contribution in [2.24, 2.45) is 0 Å². The Morgan fingerprint density at radius 2 is 2.46 bits per heavy atom. The second kappa shape index (κ2) is 5.50. The molecule has 0 amide bonds. The minimum Gasteiger partial charge on any atom is -0.481 e. The van der Waals surface area contributed by atoms with Crippen LogP contribution in [0, 0.1) is 0 Å². The molecule has 0 aromatic carbocycles. The van der Waals surface area contributed by atoms with Crippen LogP contribution in [0.4, 0.5) is 0 Å². The van der Waals surface area contributed by atoms with Gasteiger partial charge in [0.2, 0.25) is 0 Å². The van der Waals surface area contributed by atoms with Gasteiger partial charge >= 0.3 is 5.97 Å². The van der Waals surface area contributed by atoms with Gasteiger partial charge in [-0.1, -0.05) is 0 Å². The topological polar surface area (TPSA) is 40.5 Å². The van der Waals surface area contributed by atoms with Crippen molar-refractivity contribution < 1.29 is 9.90 Å². The van der Waals surface area contributed by atoms with Crippen LogP contribution in [-0.2, 0) is 4.79 Å². The lowest BCUT2D eigenvalue weighted by atomic mass is 10.2.